The lowest BCUT2D eigenvalue weighted by atomic mass is 9.78. The van der Waals surface area contributed by atoms with Gasteiger partial charge >= 0.3 is 5.97 Å². The molecule has 0 spiro atoms. The molecule has 2 fully saturated rings. The smallest absolute Gasteiger partial charge is 0.307 e. The molecule has 1 heterocycles. The van der Waals surface area contributed by atoms with Crippen molar-refractivity contribution in [1.82, 2.24) is 0 Å². The van der Waals surface area contributed by atoms with Crippen molar-refractivity contribution in [2.24, 2.45) is 11.8 Å². The van der Waals surface area contributed by atoms with Crippen molar-refractivity contribution < 1.29 is 29.0 Å². The second kappa shape index (κ2) is 11.2. The van der Waals surface area contributed by atoms with E-state index in [0.717, 1.165) is 18.5 Å². The number of anilines is 3. The Bertz CT molecular complexity index is 1070. The van der Waals surface area contributed by atoms with Gasteiger partial charge in [0, 0.05) is 30.2 Å². The Hall–Kier alpha value is -3.59. The molecule has 2 aromatic carbocycles. The highest BCUT2D eigenvalue weighted by atomic mass is 16.5. The molecule has 0 unspecified atom stereocenters. The summed E-state index contributed by atoms with van der Waals surface area (Å²) in [6.45, 7) is 2.43. The highest BCUT2D eigenvalue weighted by Gasteiger charge is 2.35. The Morgan fingerprint density at radius 1 is 0.943 bits per heavy atom. The molecular weight excluding hydrogens is 450 g/mol. The van der Waals surface area contributed by atoms with Gasteiger partial charge in [0.05, 0.1) is 37.7 Å². The number of morpholine rings is 1. The second-order valence-electron chi connectivity index (χ2n) is 8.84. The third kappa shape index (κ3) is 5.92. The summed E-state index contributed by atoms with van der Waals surface area (Å²) in [4.78, 5) is 40.0. The minimum absolute atomic E-state index is 0.311. The normalized spacial score (nSPS) is 20.1. The number of ether oxygens (including phenoxy) is 2. The van der Waals surface area contributed by atoms with Crippen LogP contribution in [0.1, 0.15) is 36.0 Å². The molecule has 0 bridgehead atoms. The number of carboxylic acids is 1. The fraction of sp³-hybridized carbons (Fsp3) is 0.423. The Morgan fingerprint density at radius 2 is 1.60 bits per heavy atom. The van der Waals surface area contributed by atoms with Crippen LogP contribution in [0, 0.1) is 11.8 Å². The molecule has 0 aromatic heterocycles. The number of carbonyl (C=O) groups is 3. The van der Waals surface area contributed by atoms with Gasteiger partial charge in [-0.15, -0.1) is 0 Å². The maximum Gasteiger partial charge on any atom is 0.307 e. The predicted molar refractivity (Wildman–Crippen MR) is 132 cm³/mol. The molecule has 1 aliphatic heterocycles. The van der Waals surface area contributed by atoms with Crippen LogP contribution in [-0.2, 0) is 14.3 Å². The first-order chi connectivity index (χ1) is 17.0. The van der Waals surface area contributed by atoms with Crippen molar-refractivity contribution in [1.29, 1.82) is 0 Å². The van der Waals surface area contributed by atoms with Crippen molar-refractivity contribution in [2.45, 2.75) is 25.7 Å². The maximum absolute atomic E-state index is 13.3. The van der Waals surface area contributed by atoms with Gasteiger partial charge in [0.2, 0.25) is 5.91 Å². The number of carbonyl (C=O) groups excluding carboxylic acids is 2. The van der Waals surface area contributed by atoms with Gasteiger partial charge < -0.3 is 30.1 Å². The van der Waals surface area contributed by atoms with Crippen molar-refractivity contribution in [3.63, 3.8) is 0 Å². The van der Waals surface area contributed by atoms with Crippen LogP contribution < -0.4 is 20.3 Å². The van der Waals surface area contributed by atoms with Crippen LogP contribution in [0.2, 0.25) is 0 Å². The Labute approximate surface area is 204 Å². The van der Waals surface area contributed by atoms with Crippen LogP contribution >= 0.6 is 0 Å². The summed E-state index contributed by atoms with van der Waals surface area (Å²) in [7, 11) is 1.58. The molecule has 2 amide bonds. The summed E-state index contributed by atoms with van der Waals surface area (Å²) in [5.74, 6) is -2.16. The number of hydrogen-bond acceptors (Lipinski definition) is 6. The molecule has 9 heteroatoms. The average molecular weight is 482 g/mol. The number of nitrogens with zero attached hydrogens (tertiary/aromatic N) is 1. The molecule has 4 rings (SSSR count). The largest absolute Gasteiger partial charge is 0.497 e. The molecule has 2 aliphatic rings. The van der Waals surface area contributed by atoms with Crippen LogP contribution in [0.25, 0.3) is 0 Å². The third-order valence-corrected chi connectivity index (χ3v) is 6.63. The van der Waals surface area contributed by atoms with Crippen LogP contribution in [0.3, 0.4) is 0 Å². The number of methoxy groups -OCH3 is 1. The van der Waals surface area contributed by atoms with E-state index in [0.29, 0.717) is 61.8 Å². The van der Waals surface area contributed by atoms with Gasteiger partial charge in [-0.05, 0) is 55.3 Å². The van der Waals surface area contributed by atoms with Gasteiger partial charge in [-0.1, -0.05) is 12.8 Å². The maximum atomic E-state index is 13.3. The van der Waals surface area contributed by atoms with E-state index < -0.39 is 17.8 Å². The van der Waals surface area contributed by atoms with Crippen LogP contribution in [0.15, 0.2) is 42.5 Å². The fourth-order valence-corrected chi connectivity index (χ4v) is 4.72. The summed E-state index contributed by atoms with van der Waals surface area (Å²) in [5, 5.41) is 15.3. The highest BCUT2D eigenvalue weighted by Crippen LogP contribution is 2.32. The lowest BCUT2D eigenvalue weighted by Gasteiger charge is -2.31. The van der Waals surface area contributed by atoms with Crippen molar-refractivity contribution >= 4 is 34.8 Å². The second-order valence-corrected chi connectivity index (χ2v) is 8.84. The number of hydrogen-bond donors (Lipinski definition) is 3. The molecular formula is C26H31N3O6. The van der Waals surface area contributed by atoms with Crippen LogP contribution in [0.4, 0.5) is 17.1 Å². The van der Waals surface area contributed by atoms with E-state index in [2.05, 4.69) is 15.5 Å². The SMILES string of the molecule is COc1ccc(NC(=O)c2cc(NC(=O)[C@@H]3CCCC[C@H]3C(=O)O)ccc2N2CCOCC2)cc1. The first-order valence-corrected chi connectivity index (χ1v) is 11.9. The molecule has 0 radical (unpaired) electrons. The van der Waals surface area contributed by atoms with Crippen LogP contribution in [-0.4, -0.2) is 56.3 Å². The fourth-order valence-electron chi connectivity index (χ4n) is 4.72. The molecule has 1 aliphatic carbocycles. The summed E-state index contributed by atoms with van der Waals surface area (Å²) in [6, 6.07) is 12.3. The van der Waals surface area contributed by atoms with Gasteiger partial charge in [0.1, 0.15) is 5.75 Å². The Kier molecular flexibility index (Phi) is 7.87. The number of rotatable bonds is 7. The quantitative estimate of drug-likeness (QED) is 0.553. The van der Waals surface area contributed by atoms with Gasteiger partial charge in [0.25, 0.3) is 5.91 Å². The van der Waals surface area contributed by atoms with E-state index >= 15 is 0 Å². The first kappa shape index (κ1) is 24.5. The molecule has 3 N–H and O–H groups in total. The lowest BCUT2D eigenvalue weighted by molar-refractivity contribution is -0.147. The minimum Gasteiger partial charge on any atom is -0.497 e. The van der Waals surface area contributed by atoms with Gasteiger partial charge in [-0.25, -0.2) is 0 Å². The zero-order chi connectivity index (χ0) is 24.8. The Morgan fingerprint density at radius 3 is 2.26 bits per heavy atom. The van der Waals surface area contributed by atoms with Crippen molar-refractivity contribution in [3.05, 3.63) is 48.0 Å². The molecule has 186 valence electrons. The molecule has 1 saturated heterocycles. The molecule has 1 saturated carbocycles. The van der Waals surface area contributed by atoms with Gasteiger partial charge in [-0.3, -0.25) is 14.4 Å². The number of aliphatic carboxylic acids is 1. The first-order valence-electron chi connectivity index (χ1n) is 11.9. The topological polar surface area (TPSA) is 117 Å². The number of carboxylic acid groups (broad SMARTS) is 1. The Balaban J connectivity index is 1.58. The summed E-state index contributed by atoms with van der Waals surface area (Å²) < 4.78 is 10.6. The average Bonchev–Trinajstić information content (AvgIpc) is 2.89. The third-order valence-electron chi connectivity index (χ3n) is 6.63. The zero-order valence-corrected chi connectivity index (χ0v) is 19.8. The van der Waals surface area contributed by atoms with Crippen molar-refractivity contribution in [2.75, 3.05) is 48.9 Å². The molecule has 35 heavy (non-hydrogen) atoms. The van der Waals surface area contributed by atoms with Gasteiger partial charge in [-0.2, -0.15) is 0 Å². The molecule has 9 nitrogen and oxygen atoms in total. The van der Waals surface area contributed by atoms with E-state index in [1.165, 1.54) is 0 Å². The monoisotopic (exact) mass is 481 g/mol. The molecule has 2 aromatic rings. The number of benzene rings is 2. The van der Waals surface area contributed by atoms with E-state index in [9.17, 15) is 19.5 Å². The zero-order valence-electron chi connectivity index (χ0n) is 19.8. The van der Waals surface area contributed by atoms with Crippen LogP contribution in [0.5, 0.6) is 5.75 Å². The van der Waals surface area contributed by atoms with Crippen molar-refractivity contribution in [3.8, 4) is 5.75 Å². The molecule has 2 atom stereocenters. The summed E-state index contributed by atoms with van der Waals surface area (Å²) >= 11 is 0. The van der Waals surface area contributed by atoms with E-state index in [1.54, 1.807) is 43.5 Å². The standard InChI is InChI=1S/C26H31N3O6/c1-34-19-9-6-17(7-10-19)27-25(31)22-16-18(8-11-23(22)29-12-14-35-15-13-29)28-24(30)20-4-2-3-5-21(20)26(32)33/h6-11,16,20-21H,2-5,12-15H2,1H3,(H,27,31)(H,28,30)(H,32,33)/t20-,21-/m1/s1. The van der Waals surface area contributed by atoms with E-state index in [-0.39, 0.29) is 11.8 Å². The lowest BCUT2D eigenvalue weighted by Crippen LogP contribution is -2.37. The summed E-state index contributed by atoms with van der Waals surface area (Å²) in [5.41, 5.74) is 2.24. The predicted octanol–water partition coefficient (Wildman–Crippen LogP) is 3.61. The number of nitrogens with one attached hydrogen (secondary N) is 2. The number of amides is 2. The van der Waals surface area contributed by atoms with E-state index in [4.69, 9.17) is 9.47 Å². The summed E-state index contributed by atoms with van der Waals surface area (Å²) in [6.07, 6.45) is 2.68. The van der Waals surface area contributed by atoms with E-state index in [1.807, 2.05) is 6.07 Å². The highest BCUT2D eigenvalue weighted by molar-refractivity contribution is 6.09. The van der Waals surface area contributed by atoms with Gasteiger partial charge in [0.15, 0.2) is 0 Å². The minimum atomic E-state index is -0.938.